The van der Waals surface area contributed by atoms with E-state index in [-0.39, 0.29) is 42.0 Å². The maximum Gasteiger partial charge on any atom is 0.343 e. The largest absolute Gasteiger partial charge is 0.492 e. The molecule has 5 heterocycles. The Labute approximate surface area is 236 Å². The van der Waals surface area contributed by atoms with Crippen LogP contribution in [-0.2, 0) is 5.41 Å². The van der Waals surface area contributed by atoms with E-state index in [1.54, 1.807) is 30.0 Å². The fourth-order valence-corrected chi connectivity index (χ4v) is 6.29. The molecule has 0 saturated carbocycles. The monoisotopic (exact) mass is 563 g/mol. The average Bonchev–Trinajstić information content (AvgIpc) is 3.43. The summed E-state index contributed by atoms with van der Waals surface area (Å²) in [6.45, 7) is 6.82. The number of carbonyl (C=O) groups excluding carboxylic acids is 2. The summed E-state index contributed by atoms with van der Waals surface area (Å²) in [5.74, 6) is 0.162. The topological polar surface area (TPSA) is 207 Å². The molecule has 2 amide bonds. The molecule has 14 heteroatoms. The third-order valence-electron chi connectivity index (χ3n) is 8.52. The first-order valence-electron chi connectivity index (χ1n) is 13.6. The van der Waals surface area contributed by atoms with Crippen LogP contribution < -0.4 is 37.1 Å². The summed E-state index contributed by atoms with van der Waals surface area (Å²) in [5, 5.41) is 28.5. The highest BCUT2D eigenvalue weighted by Crippen LogP contribution is 2.41. The van der Waals surface area contributed by atoms with Crippen LogP contribution in [-0.4, -0.2) is 93.5 Å². The highest BCUT2D eigenvalue weighted by molar-refractivity contribution is 5.98. The van der Waals surface area contributed by atoms with Gasteiger partial charge in [-0.25, -0.2) is 10.3 Å². The number of nitrogens with two attached hydrogens (primary N) is 2. The van der Waals surface area contributed by atoms with Gasteiger partial charge in [-0.1, -0.05) is 26.0 Å². The number of guanidine groups is 2. The molecule has 4 aliphatic rings. The molecule has 4 aliphatic heterocycles. The van der Waals surface area contributed by atoms with E-state index in [1.807, 2.05) is 12.1 Å². The fourth-order valence-electron chi connectivity index (χ4n) is 6.29. The number of nitrogens with zero attached hydrogens (tertiary/aromatic N) is 4. The number of benzene rings is 1. The van der Waals surface area contributed by atoms with E-state index in [4.69, 9.17) is 16.2 Å². The molecular weight excluding hydrogens is 528 g/mol. The SMILES string of the molecule is Cc1ccc(C(=O)NC[C@@H]2N=C(N)N3CC(NC(=O)c4cccc5c4OCCC5(C)C)[C@@H](O)C34NC(N)=[NH+]C24)nn1. The van der Waals surface area contributed by atoms with Crippen LogP contribution in [0.15, 0.2) is 35.3 Å². The Morgan fingerprint density at radius 2 is 2.02 bits per heavy atom. The van der Waals surface area contributed by atoms with Gasteiger partial charge in [0.05, 0.1) is 23.9 Å². The number of fused-ring (bicyclic) bond motifs is 1. The number of aliphatic imine (C=N–C) groups is 1. The summed E-state index contributed by atoms with van der Waals surface area (Å²) in [6, 6.07) is 6.94. The van der Waals surface area contributed by atoms with Crippen molar-refractivity contribution in [3.8, 4) is 5.75 Å². The third-order valence-corrected chi connectivity index (χ3v) is 8.52. The molecule has 6 rings (SSSR count). The number of aromatic nitrogens is 2. The first-order valence-corrected chi connectivity index (χ1v) is 13.6. The molecule has 0 radical (unpaired) electrons. The van der Waals surface area contributed by atoms with E-state index in [9.17, 15) is 14.7 Å². The van der Waals surface area contributed by atoms with Crippen molar-refractivity contribution < 1.29 is 24.4 Å². The van der Waals surface area contributed by atoms with E-state index >= 15 is 0 Å². The van der Waals surface area contributed by atoms with Gasteiger partial charge in [-0.3, -0.25) is 20.3 Å². The Kier molecular flexibility index (Phi) is 6.25. The van der Waals surface area contributed by atoms with E-state index in [2.05, 4.69) is 50.0 Å². The van der Waals surface area contributed by atoms with Crippen LogP contribution in [0.5, 0.6) is 5.75 Å². The van der Waals surface area contributed by atoms with Crippen molar-refractivity contribution in [2.24, 2.45) is 16.5 Å². The highest BCUT2D eigenvalue weighted by atomic mass is 16.5. The van der Waals surface area contributed by atoms with Crippen LogP contribution in [0.4, 0.5) is 0 Å². The molecule has 5 atom stereocenters. The van der Waals surface area contributed by atoms with Crippen molar-refractivity contribution in [1.82, 2.24) is 31.0 Å². The van der Waals surface area contributed by atoms with Crippen molar-refractivity contribution in [3.05, 3.63) is 52.8 Å². The number of para-hydroxylation sites is 1. The lowest BCUT2D eigenvalue weighted by Crippen LogP contribution is -2.88. The number of hydrogen-bond donors (Lipinski definition) is 7. The number of carbonyl (C=O) groups is 2. The predicted molar refractivity (Wildman–Crippen MR) is 148 cm³/mol. The van der Waals surface area contributed by atoms with Crippen LogP contribution in [0.2, 0.25) is 0 Å². The molecule has 1 aromatic carbocycles. The number of ether oxygens (including phenoxy) is 1. The molecule has 14 nitrogen and oxygen atoms in total. The second-order valence-corrected chi connectivity index (χ2v) is 11.6. The van der Waals surface area contributed by atoms with Gasteiger partial charge < -0.3 is 31.1 Å². The molecule has 9 N–H and O–H groups in total. The number of hydrogen-bond acceptors (Lipinski definition) is 11. The van der Waals surface area contributed by atoms with Crippen molar-refractivity contribution in [1.29, 1.82) is 0 Å². The van der Waals surface area contributed by atoms with Crippen molar-refractivity contribution >= 4 is 23.7 Å². The van der Waals surface area contributed by atoms with E-state index in [0.717, 1.165) is 12.0 Å². The summed E-state index contributed by atoms with van der Waals surface area (Å²) in [7, 11) is 0. The van der Waals surface area contributed by atoms with Gasteiger partial charge in [0, 0.05) is 18.7 Å². The molecule has 1 fully saturated rings. The third kappa shape index (κ3) is 4.29. The normalized spacial score (nSPS) is 29.1. The molecule has 3 unspecified atom stereocenters. The smallest absolute Gasteiger partial charge is 0.343 e. The van der Waals surface area contributed by atoms with Gasteiger partial charge in [-0.2, -0.15) is 5.10 Å². The summed E-state index contributed by atoms with van der Waals surface area (Å²) in [6.07, 6.45) is -0.294. The molecule has 1 aromatic heterocycles. The molecule has 41 heavy (non-hydrogen) atoms. The Morgan fingerprint density at radius 1 is 1.22 bits per heavy atom. The summed E-state index contributed by atoms with van der Waals surface area (Å²) < 4.78 is 5.94. The van der Waals surface area contributed by atoms with Gasteiger partial charge in [0.25, 0.3) is 11.8 Å². The van der Waals surface area contributed by atoms with E-state index in [0.29, 0.717) is 23.6 Å². The molecule has 216 valence electrons. The summed E-state index contributed by atoms with van der Waals surface area (Å²) in [4.78, 5) is 35.7. The molecular formula is C27H35N10O4+. The van der Waals surface area contributed by atoms with Gasteiger partial charge in [0.2, 0.25) is 5.66 Å². The van der Waals surface area contributed by atoms with Gasteiger partial charge >= 0.3 is 5.96 Å². The zero-order chi connectivity index (χ0) is 29.1. The maximum absolute atomic E-state index is 13.6. The number of aliphatic hydroxyl groups excluding tert-OH is 1. The first-order chi connectivity index (χ1) is 19.5. The van der Waals surface area contributed by atoms with Crippen LogP contribution in [0.1, 0.15) is 52.4 Å². The quantitative estimate of drug-likeness (QED) is 0.194. The molecule has 0 aliphatic carbocycles. The molecule has 0 bridgehead atoms. The standard InChI is InChI=1S/C27H34N10O4/c1-13-7-8-16(36-35-13)23(40)30-11-17-20-27(34-24(28)33-20)21(38)18(12-37(27)25(29)32-17)31-22(39)14-5-4-6-15-19(14)41-10-9-26(15,2)3/h4-8,17-18,20-21,38H,9-12H2,1-3H3,(H2,29,32)(H,30,40)(H,31,39)(H3,28,33,34)/p+1/t17-,18?,20?,21+,27?/m0/s1. The second-order valence-electron chi connectivity index (χ2n) is 11.6. The maximum atomic E-state index is 13.6. The minimum Gasteiger partial charge on any atom is -0.492 e. The van der Waals surface area contributed by atoms with Crippen LogP contribution in [0.25, 0.3) is 0 Å². The zero-order valence-corrected chi connectivity index (χ0v) is 23.1. The van der Waals surface area contributed by atoms with Crippen molar-refractivity contribution in [2.75, 3.05) is 19.7 Å². The van der Waals surface area contributed by atoms with Gasteiger partial charge in [0.1, 0.15) is 17.9 Å². The van der Waals surface area contributed by atoms with Gasteiger partial charge in [0.15, 0.2) is 17.7 Å². The van der Waals surface area contributed by atoms with Crippen molar-refractivity contribution in [3.63, 3.8) is 0 Å². The van der Waals surface area contributed by atoms with Crippen LogP contribution in [0, 0.1) is 6.92 Å². The van der Waals surface area contributed by atoms with Crippen molar-refractivity contribution in [2.45, 2.75) is 62.5 Å². The second kappa shape index (κ2) is 9.58. The number of rotatable bonds is 5. The van der Waals surface area contributed by atoms with Crippen LogP contribution in [0.3, 0.4) is 0 Å². The first kappa shape index (κ1) is 26.7. The molecule has 1 spiro atoms. The average molecular weight is 564 g/mol. The fraction of sp³-hybridized carbons (Fsp3) is 0.481. The Balaban J connectivity index is 1.22. The number of amides is 2. The number of aliphatic hydroxyl groups is 1. The predicted octanol–water partition coefficient (Wildman–Crippen LogP) is -3.19. The number of aryl methyl sites for hydroxylation is 1. The zero-order valence-electron chi connectivity index (χ0n) is 23.1. The molecule has 1 saturated heterocycles. The lowest BCUT2D eigenvalue weighted by Gasteiger charge is -2.43. The summed E-state index contributed by atoms with van der Waals surface area (Å²) >= 11 is 0. The van der Waals surface area contributed by atoms with Gasteiger partial charge in [-0.05, 0) is 37.0 Å². The van der Waals surface area contributed by atoms with E-state index in [1.165, 1.54) is 0 Å². The van der Waals surface area contributed by atoms with Crippen LogP contribution >= 0.6 is 0 Å². The Morgan fingerprint density at radius 3 is 2.78 bits per heavy atom. The lowest BCUT2D eigenvalue weighted by atomic mass is 9.79. The lowest BCUT2D eigenvalue weighted by molar-refractivity contribution is -0.513. The highest BCUT2D eigenvalue weighted by Gasteiger charge is 2.68. The number of nitrogens with one attached hydrogen (secondary N) is 4. The van der Waals surface area contributed by atoms with Gasteiger partial charge in [-0.15, -0.1) is 5.10 Å². The molecule has 2 aromatic rings. The Bertz CT molecular complexity index is 1460. The minimum atomic E-state index is -1.21. The minimum absolute atomic E-state index is 0.0876. The van der Waals surface area contributed by atoms with E-state index < -0.39 is 35.8 Å². The Hall–Kier alpha value is -4.46. The summed E-state index contributed by atoms with van der Waals surface area (Å²) in [5.41, 5.74) is 13.5.